The Hall–Kier alpha value is -1.25. The molecular formula is C13H21N3. The minimum atomic E-state index is 0.585. The molecule has 0 aromatic carbocycles. The first-order valence-corrected chi connectivity index (χ1v) is 6.22. The highest BCUT2D eigenvalue weighted by atomic mass is 15.0. The molecule has 1 aromatic rings. The van der Waals surface area contributed by atoms with Crippen molar-refractivity contribution >= 4 is 11.5 Å². The van der Waals surface area contributed by atoms with Crippen molar-refractivity contribution in [2.45, 2.75) is 33.1 Å². The SMILES string of the molecule is CCNc1cc(NCC2(CC)CC2)ccn1. The van der Waals surface area contributed by atoms with Crippen molar-refractivity contribution in [3.63, 3.8) is 0 Å². The highest BCUT2D eigenvalue weighted by Crippen LogP contribution is 2.48. The van der Waals surface area contributed by atoms with Crippen LogP contribution in [-0.2, 0) is 0 Å². The first-order valence-electron chi connectivity index (χ1n) is 6.22. The van der Waals surface area contributed by atoms with Gasteiger partial charge in [0.2, 0.25) is 0 Å². The molecule has 3 heteroatoms. The Kier molecular flexibility index (Phi) is 3.32. The van der Waals surface area contributed by atoms with E-state index in [0.29, 0.717) is 5.41 Å². The van der Waals surface area contributed by atoms with E-state index < -0.39 is 0 Å². The Morgan fingerprint density at radius 3 is 2.75 bits per heavy atom. The van der Waals surface area contributed by atoms with Crippen molar-refractivity contribution in [1.82, 2.24) is 4.98 Å². The molecule has 88 valence electrons. The number of anilines is 2. The van der Waals surface area contributed by atoms with Gasteiger partial charge in [0.1, 0.15) is 5.82 Å². The molecule has 3 nitrogen and oxygen atoms in total. The second kappa shape index (κ2) is 4.73. The lowest BCUT2D eigenvalue weighted by Gasteiger charge is -2.15. The summed E-state index contributed by atoms with van der Waals surface area (Å²) in [5, 5.41) is 6.74. The van der Waals surface area contributed by atoms with Crippen LogP contribution in [0.3, 0.4) is 0 Å². The third-order valence-corrected chi connectivity index (χ3v) is 3.49. The molecule has 0 spiro atoms. The molecule has 0 bridgehead atoms. The summed E-state index contributed by atoms with van der Waals surface area (Å²) in [6.45, 7) is 6.37. The number of nitrogens with one attached hydrogen (secondary N) is 2. The van der Waals surface area contributed by atoms with Gasteiger partial charge in [-0.3, -0.25) is 0 Å². The average Bonchev–Trinajstić information content (AvgIpc) is 3.08. The van der Waals surface area contributed by atoms with Gasteiger partial charge in [-0.1, -0.05) is 6.92 Å². The summed E-state index contributed by atoms with van der Waals surface area (Å²) in [4.78, 5) is 4.26. The molecular weight excluding hydrogens is 198 g/mol. The number of hydrogen-bond acceptors (Lipinski definition) is 3. The van der Waals surface area contributed by atoms with E-state index in [9.17, 15) is 0 Å². The zero-order chi connectivity index (χ0) is 11.4. The highest BCUT2D eigenvalue weighted by molar-refractivity contribution is 5.52. The Bertz CT molecular complexity index is 345. The summed E-state index contributed by atoms with van der Waals surface area (Å²) in [7, 11) is 0. The average molecular weight is 219 g/mol. The van der Waals surface area contributed by atoms with Gasteiger partial charge in [-0.25, -0.2) is 4.98 Å². The van der Waals surface area contributed by atoms with Crippen LogP contribution in [0.1, 0.15) is 33.1 Å². The van der Waals surface area contributed by atoms with Crippen molar-refractivity contribution in [2.75, 3.05) is 23.7 Å². The summed E-state index contributed by atoms with van der Waals surface area (Å²) < 4.78 is 0. The van der Waals surface area contributed by atoms with Crippen molar-refractivity contribution < 1.29 is 0 Å². The maximum absolute atomic E-state index is 4.26. The lowest BCUT2D eigenvalue weighted by Crippen LogP contribution is -2.14. The molecule has 1 saturated carbocycles. The Morgan fingerprint density at radius 2 is 2.12 bits per heavy atom. The van der Waals surface area contributed by atoms with Gasteiger partial charge in [-0.05, 0) is 37.7 Å². The predicted molar refractivity (Wildman–Crippen MR) is 68.8 cm³/mol. The van der Waals surface area contributed by atoms with Gasteiger partial charge in [0.15, 0.2) is 0 Å². The normalized spacial score (nSPS) is 16.9. The summed E-state index contributed by atoms with van der Waals surface area (Å²) in [6.07, 6.45) is 5.89. The number of pyridine rings is 1. The molecule has 1 fully saturated rings. The van der Waals surface area contributed by atoms with Gasteiger partial charge in [0, 0.05) is 31.0 Å². The van der Waals surface area contributed by atoms with Crippen LogP contribution in [0.15, 0.2) is 18.3 Å². The van der Waals surface area contributed by atoms with E-state index >= 15 is 0 Å². The molecule has 2 rings (SSSR count). The monoisotopic (exact) mass is 219 g/mol. The molecule has 1 aliphatic rings. The first-order chi connectivity index (χ1) is 7.78. The fourth-order valence-electron chi connectivity index (χ4n) is 1.94. The van der Waals surface area contributed by atoms with Crippen molar-refractivity contribution in [1.29, 1.82) is 0 Å². The van der Waals surface area contributed by atoms with E-state index in [1.54, 1.807) is 0 Å². The minimum absolute atomic E-state index is 0.585. The molecule has 0 radical (unpaired) electrons. The third-order valence-electron chi connectivity index (χ3n) is 3.49. The number of nitrogens with zero attached hydrogens (tertiary/aromatic N) is 1. The van der Waals surface area contributed by atoms with E-state index in [1.807, 2.05) is 12.3 Å². The zero-order valence-corrected chi connectivity index (χ0v) is 10.2. The largest absolute Gasteiger partial charge is 0.384 e. The predicted octanol–water partition coefficient (Wildman–Crippen LogP) is 3.12. The third kappa shape index (κ3) is 2.65. The van der Waals surface area contributed by atoms with Crippen LogP contribution in [0.25, 0.3) is 0 Å². The number of aromatic nitrogens is 1. The molecule has 1 aromatic heterocycles. The van der Waals surface area contributed by atoms with Gasteiger partial charge in [0.05, 0.1) is 0 Å². The van der Waals surface area contributed by atoms with Gasteiger partial charge in [0.25, 0.3) is 0 Å². The summed E-state index contributed by atoms with van der Waals surface area (Å²) >= 11 is 0. The lowest BCUT2D eigenvalue weighted by molar-refractivity contribution is 0.521. The quantitative estimate of drug-likeness (QED) is 0.772. The van der Waals surface area contributed by atoms with Crippen molar-refractivity contribution in [2.24, 2.45) is 5.41 Å². The summed E-state index contributed by atoms with van der Waals surface area (Å²) in [6, 6.07) is 4.11. The van der Waals surface area contributed by atoms with Gasteiger partial charge in [-0.15, -0.1) is 0 Å². The Balaban J connectivity index is 1.91. The van der Waals surface area contributed by atoms with Crippen LogP contribution in [0.2, 0.25) is 0 Å². The second-order valence-electron chi connectivity index (χ2n) is 4.67. The smallest absolute Gasteiger partial charge is 0.127 e. The number of hydrogen-bond donors (Lipinski definition) is 2. The maximum atomic E-state index is 4.26. The Labute approximate surface area is 97.7 Å². The maximum Gasteiger partial charge on any atom is 0.127 e. The van der Waals surface area contributed by atoms with Gasteiger partial charge >= 0.3 is 0 Å². The topological polar surface area (TPSA) is 37.0 Å². The molecule has 0 amide bonds. The second-order valence-corrected chi connectivity index (χ2v) is 4.67. The van der Waals surface area contributed by atoms with Crippen LogP contribution in [0.4, 0.5) is 11.5 Å². The molecule has 2 N–H and O–H groups in total. The highest BCUT2D eigenvalue weighted by Gasteiger charge is 2.40. The molecule has 0 saturated heterocycles. The molecule has 0 aliphatic heterocycles. The van der Waals surface area contributed by atoms with Crippen molar-refractivity contribution in [3.8, 4) is 0 Å². The van der Waals surface area contributed by atoms with Crippen LogP contribution in [0, 0.1) is 5.41 Å². The van der Waals surface area contributed by atoms with E-state index in [1.165, 1.54) is 24.9 Å². The molecule has 16 heavy (non-hydrogen) atoms. The Morgan fingerprint density at radius 1 is 1.31 bits per heavy atom. The van der Waals surface area contributed by atoms with E-state index in [4.69, 9.17) is 0 Å². The fraction of sp³-hybridized carbons (Fsp3) is 0.615. The zero-order valence-electron chi connectivity index (χ0n) is 10.2. The lowest BCUT2D eigenvalue weighted by atomic mass is 10.0. The van der Waals surface area contributed by atoms with Crippen LogP contribution >= 0.6 is 0 Å². The summed E-state index contributed by atoms with van der Waals surface area (Å²) in [5.41, 5.74) is 1.76. The van der Waals surface area contributed by atoms with Crippen molar-refractivity contribution in [3.05, 3.63) is 18.3 Å². The molecule has 0 atom stereocenters. The van der Waals surface area contributed by atoms with E-state index in [0.717, 1.165) is 18.9 Å². The number of rotatable bonds is 6. The van der Waals surface area contributed by atoms with Gasteiger partial charge < -0.3 is 10.6 Å². The van der Waals surface area contributed by atoms with Crippen LogP contribution < -0.4 is 10.6 Å². The molecule has 1 aliphatic carbocycles. The first kappa shape index (κ1) is 11.2. The molecule has 1 heterocycles. The molecule has 0 unspecified atom stereocenters. The fourth-order valence-corrected chi connectivity index (χ4v) is 1.94. The van der Waals surface area contributed by atoms with Gasteiger partial charge in [-0.2, -0.15) is 0 Å². The summed E-state index contributed by atoms with van der Waals surface area (Å²) in [5.74, 6) is 0.953. The van der Waals surface area contributed by atoms with Crippen LogP contribution in [-0.4, -0.2) is 18.1 Å². The van der Waals surface area contributed by atoms with E-state index in [2.05, 4.69) is 35.5 Å². The van der Waals surface area contributed by atoms with E-state index in [-0.39, 0.29) is 0 Å². The minimum Gasteiger partial charge on any atom is -0.384 e. The standard InChI is InChI=1S/C13H21N3/c1-3-13(6-7-13)10-16-11-5-8-15-12(9-11)14-4-2/h5,8-9H,3-4,6-7,10H2,1-2H3,(H2,14,15,16). The van der Waals surface area contributed by atoms with Crippen LogP contribution in [0.5, 0.6) is 0 Å².